The van der Waals surface area contributed by atoms with Crippen molar-refractivity contribution in [3.63, 3.8) is 0 Å². The Bertz CT molecular complexity index is 1810. The van der Waals surface area contributed by atoms with Crippen molar-refractivity contribution in [2.24, 2.45) is 0 Å². The number of methoxy groups -OCH3 is 1. The van der Waals surface area contributed by atoms with Crippen molar-refractivity contribution in [1.82, 2.24) is 14.0 Å². The summed E-state index contributed by atoms with van der Waals surface area (Å²) in [6, 6.07) is 17.6. The van der Waals surface area contributed by atoms with Crippen LogP contribution in [0.15, 0.2) is 93.6 Å². The molecule has 0 unspecified atom stereocenters. The first kappa shape index (κ1) is 22.5. The lowest BCUT2D eigenvalue weighted by Crippen LogP contribution is -2.30. The third-order valence-corrected chi connectivity index (χ3v) is 7.48. The average molecular weight is 491 g/mol. The number of rotatable bonds is 5. The number of ether oxygens (including phenoxy) is 1. The van der Waals surface area contributed by atoms with E-state index in [9.17, 15) is 17.6 Å². The summed E-state index contributed by atoms with van der Waals surface area (Å²) in [5.41, 5.74) is 0.480. The van der Waals surface area contributed by atoms with Gasteiger partial charge in [-0.25, -0.2) is 17.8 Å². The number of halogens is 1. The highest BCUT2D eigenvalue weighted by atomic mass is 32.2. The molecule has 0 atom stereocenters. The summed E-state index contributed by atoms with van der Waals surface area (Å²) >= 11 is 0. The molecule has 0 aliphatic rings. The lowest BCUT2D eigenvalue weighted by Gasteiger charge is -2.15. The van der Waals surface area contributed by atoms with Crippen LogP contribution in [-0.4, -0.2) is 29.5 Å². The molecule has 1 N–H and O–H groups in total. The highest BCUT2D eigenvalue weighted by Gasteiger charge is 2.24. The third-order valence-electron chi connectivity index (χ3n) is 5.70. The van der Waals surface area contributed by atoms with Crippen LogP contribution in [0.4, 0.5) is 4.39 Å². The first-order valence-electron chi connectivity index (χ1n) is 10.5. The highest BCUT2D eigenvalue weighted by Crippen LogP contribution is 2.22. The second-order valence-electron chi connectivity index (χ2n) is 7.83. The zero-order chi connectivity index (χ0) is 24.7. The summed E-state index contributed by atoms with van der Waals surface area (Å²) in [5.74, 6) is 0.0572. The van der Waals surface area contributed by atoms with Gasteiger partial charge in [-0.15, -0.1) is 0 Å². The smallest absolute Gasteiger partial charge is 0.267 e. The molecule has 0 amide bonds. The number of hydrogen-bond acceptors (Lipinski definition) is 6. The molecule has 10 heteroatoms. The quantitative estimate of drug-likeness (QED) is 0.301. The Labute approximate surface area is 198 Å². The molecule has 0 saturated heterocycles. The number of nitrogens with one attached hydrogen (secondary N) is 1. The molecule has 2 aromatic carbocycles. The molecule has 5 rings (SSSR count). The van der Waals surface area contributed by atoms with Crippen molar-refractivity contribution in [3.8, 4) is 5.75 Å². The number of hydrogen-bond donors (Lipinski definition) is 1. The van der Waals surface area contributed by atoms with Crippen LogP contribution in [0.3, 0.4) is 0 Å². The summed E-state index contributed by atoms with van der Waals surface area (Å²) < 4.78 is 48.3. The number of benzene rings is 2. The monoisotopic (exact) mass is 490 g/mol. The van der Waals surface area contributed by atoms with Gasteiger partial charge in [-0.1, -0.05) is 18.2 Å². The number of aromatic nitrogens is 3. The van der Waals surface area contributed by atoms with Gasteiger partial charge in [0.25, 0.3) is 5.56 Å². The summed E-state index contributed by atoms with van der Waals surface area (Å²) in [4.78, 5) is 17.3. The molecular weight excluding hydrogens is 471 g/mol. The van der Waals surface area contributed by atoms with Gasteiger partial charge in [-0.3, -0.25) is 14.6 Å². The van der Waals surface area contributed by atoms with Crippen molar-refractivity contribution in [3.05, 3.63) is 106 Å². The van der Waals surface area contributed by atoms with Crippen LogP contribution in [0.2, 0.25) is 0 Å². The number of fused-ring (bicyclic) bond motifs is 2. The van der Waals surface area contributed by atoms with E-state index < -0.39 is 21.2 Å². The molecule has 8 nitrogen and oxygen atoms in total. The van der Waals surface area contributed by atoms with Crippen LogP contribution in [0.25, 0.3) is 16.7 Å². The lowest BCUT2D eigenvalue weighted by molar-refractivity contribution is 0.414. The Hall–Kier alpha value is -4.31. The number of nitrogens with zero attached hydrogens (tertiary/aromatic N) is 3. The van der Waals surface area contributed by atoms with E-state index in [0.29, 0.717) is 11.4 Å². The van der Waals surface area contributed by atoms with E-state index in [2.05, 4.69) is 4.98 Å². The van der Waals surface area contributed by atoms with E-state index in [-0.39, 0.29) is 32.9 Å². The number of sulfone groups is 1. The van der Waals surface area contributed by atoms with Crippen LogP contribution in [-0.2, 0) is 16.4 Å². The molecule has 0 radical (unpaired) electrons. The largest absolute Gasteiger partial charge is 0.497 e. The average Bonchev–Trinajstić information content (AvgIpc) is 2.86. The molecule has 0 aliphatic heterocycles. The minimum Gasteiger partial charge on any atom is -0.497 e. The van der Waals surface area contributed by atoms with Crippen LogP contribution in [0, 0.1) is 11.2 Å². The van der Waals surface area contributed by atoms with Crippen molar-refractivity contribution in [2.45, 2.75) is 16.3 Å². The Morgan fingerprint density at radius 3 is 2.43 bits per heavy atom. The first-order valence-corrected chi connectivity index (χ1v) is 12.0. The minimum atomic E-state index is -4.24. The van der Waals surface area contributed by atoms with E-state index in [1.807, 2.05) is 0 Å². The van der Waals surface area contributed by atoms with Gasteiger partial charge in [0, 0.05) is 6.20 Å². The molecule has 176 valence electrons. The maximum atomic E-state index is 13.5. The van der Waals surface area contributed by atoms with E-state index in [0.717, 1.165) is 29.8 Å². The highest BCUT2D eigenvalue weighted by molar-refractivity contribution is 7.91. The number of pyridine rings is 2. The predicted octanol–water partition coefficient (Wildman–Crippen LogP) is 3.16. The molecule has 0 fully saturated rings. The van der Waals surface area contributed by atoms with Crippen LogP contribution in [0.5, 0.6) is 5.75 Å². The molecule has 0 bridgehead atoms. The van der Waals surface area contributed by atoms with E-state index in [1.54, 1.807) is 55.8 Å². The van der Waals surface area contributed by atoms with Crippen molar-refractivity contribution in [1.29, 1.82) is 5.41 Å². The summed E-state index contributed by atoms with van der Waals surface area (Å²) in [5, 5.41) is 8.86. The van der Waals surface area contributed by atoms with E-state index in [4.69, 9.17) is 10.1 Å². The Morgan fingerprint density at radius 1 is 1.03 bits per heavy atom. The first-order chi connectivity index (χ1) is 16.8. The summed E-state index contributed by atoms with van der Waals surface area (Å²) in [6.45, 7) is 0.0849. The van der Waals surface area contributed by atoms with Crippen LogP contribution in [0.1, 0.15) is 5.56 Å². The van der Waals surface area contributed by atoms with Crippen LogP contribution < -0.4 is 15.8 Å². The molecule has 0 saturated carbocycles. The fourth-order valence-corrected chi connectivity index (χ4v) is 5.26. The zero-order valence-electron chi connectivity index (χ0n) is 18.5. The second kappa shape index (κ2) is 8.48. The molecule has 3 heterocycles. The Balaban J connectivity index is 1.83. The van der Waals surface area contributed by atoms with Gasteiger partial charge in [0.05, 0.1) is 23.9 Å². The Morgan fingerprint density at radius 2 is 1.74 bits per heavy atom. The SMILES string of the molecule is COc1ccc(Cn2c(=N)c(S(=O)(=O)c3ccc(F)cc3)cc3c(=O)n4ccccc4nc32)cc1. The Kier molecular flexibility index (Phi) is 5.45. The molecule has 3 aromatic heterocycles. The van der Waals surface area contributed by atoms with E-state index >= 15 is 0 Å². The van der Waals surface area contributed by atoms with Gasteiger partial charge < -0.3 is 9.30 Å². The van der Waals surface area contributed by atoms with E-state index in [1.165, 1.54) is 15.0 Å². The van der Waals surface area contributed by atoms with Gasteiger partial charge in [0.15, 0.2) is 0 Å². The maximum Gasteiger partial charge on any atom is 0.267 e. The lowest BCUT2D eigenvalue weighted by atomic mass is 10.2. The van der Waals surface area contributed by atoms with Crippen molar-refractivity contribution in [2.75, 3.05) is 7.11 Å². The van der Waals surface area contributed by atoms with Crippen LogP contribution >= 0.6 is 0 Å². The maximum absolute atomic E-state index is 13.5. The predicted molar refractivity (Wildman–Crippen MR) is 127 cm³/mol. The molecular formula is C25H19FN4O4S. The molecule has 35 heavy (non-hydrogen) atoms. The fraction of sp³-hybridized carbons (Fsp3) is 0.0800. The minimum absolute atomic E-state index is 0.0406. The fourth-order valence-electron chi connectivity index (χ4n) is 3.87. The van der Waals surface area contributed by atoms with Gasteiger partial charge in [-0.2, -0.15) is 0 Å². The third kappa shape index (κ3) is 3.87. The topological polar surface area (TPSA) is 107 Å². The summed E-state index contributed by atoms with van der Waals surface area (Å²) in [7, 11) is -2.70. The van der Waals surface area contributed by atoms with Gasteiger partial charge >= 0.3 is 0 Å². The molecule has 0 aliphatic carbocycles. The second-order valence-corrected chi connectivity index (χ2v) is 9.75. The van der Waals surface area contributed by atoms with Gasteiger partial charge in [-0.05, 0) is 60.2 Å². The molecule has 5 aromatic rings. The van der Waals surface area contributed by atoms with Gasteiger partial charge in [0.2, 0.25) is 9.84 Å². The zero-order valence-corrected chi connectivity index (χ0v) is 19.3. The summed E-state index contributed by atoms with van der Waals surface area (Å²) in [6.07, 6.45) is 1.54. The van der Waals surface area contributed by atoms with Crippen molar-refractivity contribution >= 4 is 26.5 Å². The van der Waals surface area contributed by atoms with Crippen molar-refractivity contribution < 1.29 is 17.5 Å². The molecule has 0 spiro atoms. The normalized spacial score (nSPS) is 11.7. The standard InChI is InChI=1S/C25H19FN4O4S/c1-34-18-9-5-16(6-10-18)15-30-23(27)21(35(32,33)19-11-7-17(26)8-12-19)14-20-24(30)28-22-4-2-3-13-29(22)25(20)31/h2-14,27H,15H2,1H3. The van der Waals surface area contributed by atoms with Gasteiger partial charge in [0.1, 0.15) is 33.2 Å².